The summed E-state index contributed by atoms with van der Waals surface area (Å²) in [7, 11) is 0. The molecule has 0 aromatic carbocycles. The number of aliphatic hydroxyl groups is 1. The van der Waals surface area contributed by atoms with Gasteiger partial charge in [-0.3, -0.25) is 4.98 Å². The molecule has 1 aromatic heterocycles. The number of nitrogens with zero attached hydrogens (tertiary/aromatic N) is 1. The van der Waals surface area contributed by atoms with E-state index < -0.39 is 5.60 Å². The fraction of sp³-hybridized carbons (Fsp3) is 0.583. The molecular weight excluding hydrogens is 174 g/mol. The molecule has 0 spiro atoms. The first kappa shape index (κ1) is 9.66. The van der Waals surface area contributed by atoms with E-state index in [1.54, 1.807) is 0 Å². The normalized spacial score (nSPS) is 25.9. The quantitative estimate of drug-likeness (QED) is 0.739. The van der Waals surface area contributed by atoms with Crippen LogP contribution in [0, 0.1) is 6.92 Å². The molecule has 0 aliphatic heterocycles. The Bertz CT molecular complexity index is 348. The van der Waals surface area contributed by atoms with Crippen molar-refractivity contribution in [3.8, 4) is 0 Å². The number of pyridine rings is 1. The first-order valence-electron chi connectivity index (χ1n) is 5.35. The third-order valence-corrected chi connectivity index (χ3v) is 3.18. The van der Waals surface area contributed by atoms with E-state index in [2.05, 4.69) is 11.1 Å². The molecule has 76 valence electrons. The fourth-order valence-electron chi connectivity index (χ4n) is 2.22. The molecule has 1 aromatic rings. The number of aryl methyl sites for hydroxylation is 2. The van der Waals surface area contributed by atoms with Gasteiger partial charge < -0.3 is 5.11 Å². The maximum atomic E-state index is 10.4. The Morgan fingerprint density at radius 2 is 2.29 bits per heavy atom. The molecule has 1 atom stereocenters. The van der Waals surface area contributed by atoms with E-state index in [1.807, 2.05) is 19.9 Å². The maximum absolute atomic E-state index is 10.4. The second-order valence-corrected chi connectivity index (χ2v) is 4.20. The molecular formula is C12H17NO. The van der Waals surface area contributed by atoms with Gasteiger partial charge in [-0.05, 0) is 44.2 Å². The van der Waals surface area contributed by atoms with Crippen LogP contribution < -0.4 is 0 Å². The standard InChI is InChI=1S/C12H17NO/c1-3-12(14)8-4-5-10-7-6-9(2)13-11(10)12/h6-7,14H,3-5,8H2,1-2H3/t12-/m1/s1. The molecule has 1 N–H and O–H groups in total. The molecule has 2 heteroatoms. The van der Waals surface area contributed by atoms with Gasteiger partial charge in [-0.25, -0.2) is 0 Å². The van der Waals surface area contributed by atoms with E-state index in [9.17, 15) is 5.11 Å². The second kappa shape index (κ2) is 3.35. The molecule has 1 aliphatic carbocycles. The molecule has 0 bridgehead atoms. The van der Waals surface area contributed by atoms with E-state index in [-0.39, 0.29) is 0 Å². The zero-order valence-electron chi connectivity index (χ0n) is 8.88. The summed E-state index contributed by atoms with van der Waals surface area (Å²) in [5.74, 6) is 0. The van der Waals surface area contributed by atoms with Gasteiger partial charge in [-0.1, -0.05) is 13.0 Å². The molecule has 0 radical (unpaired) electrons. The third kappa shape index (κ3) is 1.44. The van der Waals surface area contributed by atoms with Gasteiger partial charge in [-0.2, -0.15) is 0 Å². The summed E-state index contributed by atoms with van der Waals surface area (Å²) in [4.78, 5) is 4.49. The molecule has 0 saturated carbocycles. The summed E-state index contributed by atoms with van der Waals surface area (Å²) in [5.41, 5.74) is 2.48. The smallest absolute Gasteiger partial charge is 0.107 e. The van der Waals surface area contributed by atoms with Crippen molar-refractivity contribution < 1.29 is 5.11 Å². The van der Waals surface area contributed by atoms with Crippen molar-refractivity contribution in [3.63, 3.8) is 0 Å². The van der Waals surface area contributed by atoms with Crippen molar-refractivity contribution in [2.45, 2.75) is 45.1 Å². The van der Waals surface area contributed by atoms with Gasteiger partial charge in [0.15, 0.2) is 0 Å². The number of fused-ring (bicyclic) bond motifs is 1. The van der Waals surface area contributed by atoms with E-state index in [0.29, 0.717) is 0 Å². The number of hydrogen-bond acceptors (Lipinski definition) is 2. The van der Waals surface area contributed by atoms with Gasteiger partial charge in [0.1, 0.15) is 5.60 Å². The monoisotopic (exact) mass is 191 g/mol. The van der Waals surface area contributed by atoms with Crippen LogP contribution in [0.25, 0.3) is 0 Å². The van der Waals surface area contributed by atoms with Gasteiger partial charge in [0, 0.05) is 5.69 Å². The van der Waals surface area contributed by atoms with Crippen LogP contribution in [0.4, 0.5) is 0 Å². The Kier molecular flexibility index (Phi) is 2.31. The van der Waals surface area contributed by atoms with Gasteiger partial charge in [0.25, 0.3) is 0 Å². The summed E-state index contributed by atoms with van der Waals surface area (Å²) in [5, 5.41) is 10.4. The largest absolute Gasteiger partial charge is 0.384 e. The van der Waals surface area contributed by atoms with Crippen molar-refractivity contribution in [3.05, 3.63) is 29.1 Å². The summed E-state index contributed by atoms with van der Waals surface area (Å²) in [6.45, 7) is 4.00. The minimum absolute atomic E-state index is 0.667. The molecule has 0 fully saturated rings. The van der Waals surface area contributed by atoms with Crippen molar-refractivity contribution in [2.75, 3.05) is 0 Å². The highest BCUT2D eigenvalue weighted by Crippen LogP contribution is 2.36. The van der Waals surface area contributed by atoms with E-state index in [1.165, 1.54) is 5.56 Å². The Morgan fingerprint density at radius 1 is 1.50 bits per heavy atom. The molecule has 14 heavy (non-hydrogen) atoms. The lowest BCUT2D eigenvalue weighted by molar-refractivity contribution is 0.0102. The number of hydrogen-bond donors (Lipinski definition) is 1. The Morgan fingerprint density at radius 3 is 3.00 bits per heavy atom. The molecule has 0 amide bonds. The van der Waals surface area contributed by atoms with Crippen LogP contribution >= 0.6 is 0 Å². The van der Waals surface area contributed by atoms with Gasteiger partial charge in [-0.15, -0.1) is 0 Å². The molecule has 1 heterocycles. The van der Waals surface area contributed by atoms with Crippen LogP contribution in [0.1, 0.15) is 43.1 Å². The van der Waals surface area contributed by atoms with Crippen LogP contribution in [0.3, 0.4) is 0 Å². The third-order valence-electron chi connectivity index (χ3n) is 3.18. The Balaban J connectivity index is 2.52. The van der Waals surface area contributed by atoms with Gasteiger partial charge >= 0.3 is 0 Å². The number of aromatic nitrogens is 1. The van der Waals surface area contributed by atoms with Crippen LogP contribution in [0.2, 0.25) is 0 Å². The highest BCUT2D eigenvalue weighted by molar-refractivity contribution is 5.30. The highest BCUT2D eigenvalue weighted by Gasteiger charge is 2.33. The predicted octanol–water partition coefficient (Wildman–Crippen LogP) is 2.32. The average molecular weight is 191 g/mol. The molecule has 0 saturated heterocycles. The summed E-state index contributed by atoms with van der Waals surface area (Å²) >= 11 is 0. The molecule has 0 unspecified atom stereocenters. The zero-order valence-corrected chi connectivity index (χ0v) is 8.88. The summed E-state index contributed by atoms with van der Waals surface area (Å²) < 4.78 is 0. The Labute approximate surface area is 85.0 Å². The van der Waals surface area contributed by atoms with Crippen molar-refractivity contribution >= 4 is 0 Å². The van der Waals surface area contributed by atoms with Crippen LogP contribution in [-0.4, -0.2) is 10.1 Å². The van der Waals surface area contributed by atoms with Crippen LogP contribution in [-0.2, 0) is 12.0 Å². The van der Waals surface area contributed by atoms with Crippen molar-refractivity contribution in [1.29, 1.82) is 0 Å². The minimum Gasteiger partial charge on any atom is -0.384 e. The highest BCUT2D eigenvalue weighted by atomic mass is 16.3. The van der Waals surface area contributed by atoms with Crippen LogP contribution in [0.5, 0.6) is 0 Å². The van der Waals surface area contributed by atoms with Gasteiger partial charge in [0.05, 0.1) is 5.69 Å². The first-order chi connectivity index (χ1) is 6.65. The lowest BCUT2D eigenvalue weighted by atomic mass is 9.81. The number of rotatable bonds is 1. The second-order valence-electron chi connectivity index (χ2n) is 4.20. The summed E-state index contributed by atoms with van der Waals surface area (Å²) in [6.07, 6.45) is 3.75. The fourth-order valence-corrected chi connectivity index (χ4v) is 2.22. The molecule has 1 aliphatic rings. The lowest BCUT2D eigenvalue weighted by Crippen LogP contribution is -2.31. The van der Waals surface area contributed by atoms with Crippen molar-refractivity contribution in [1.82, 2.24) is 4.98 Å². The molecule has 2 nitrogen and oxygen atoms in total. The Hall–Kier alpha value is -0.890. The lowest BCUT2D eigenvalue weighted by Gasteiger charge is -2.32. The van der Waals surface area contributed by atoms with Crippen molar-refractivity contribution in [2.24, 2.45) is 0 Å². The minimum atomic E-state index is -0.667. The van der Waals surface area contributed by atoms with Gasteiger partial charge in [0.2, 0.25) is 0 Å². The average Bonchev–Trinajstić information content (AvgIpc) is 2.20. The maximum Gasteiger partial charge on any atom is 0.107 e. The van der Waals surface area contributed by atoms with E-state index >= 15 is 0 Å². The SMILES string of the molecule is CC[C@@]1(O)CCCc2ccc(C)nc21. The summed E-state index contributed by atoms with van der Waals surface area (Å²) in [6, 6.07) is 4.14. The topological polar surface area (TPSA) is 33.1 Å². The van der Waals surface area contributed by atoms with E-state index in [0.717, 1.165) is 37.1 Å². The first-order valence-corrected chi connectivity index (χ1v) is 5.35. The molecule has 2 rings (SSSR count). The van der Waals surface area contributed by atoms with Crippen LogP contribution in [0.15, 0.2) is 12.1 Å². The predicted molar refractivity (Wildman–Crippen MR) is 56.1 cm³/mol. The zero-order chi connectivity index (χ0) is 10.2. The van der Waals surface area contributed by atoms with E-state index in [4.69, 9.17) is 0 Å².